The first-order valence-corrected chi connectivity index (χ1v) is 4.19. The van der Waals surface area contributed by atoms with Gasteiger partial charge in [-0.05, 0) is 12.0 Å². The molecule has 12 heavy (non-hydrogen) atoms. The first-order chi connectivity index (χ1) is 5.64. The Morgan fingerprint density at radius 2 is 1.92 bits per heavy atom. The SMILES string of the molecule is CCC(N)(O)Cc1ccccc1. The summed E-state index contributed by atoms with van der Waals surface area (Å²) in [5.74, 6) is 0. The quantitative estimate of drug-likeness (QED) is 0.663. The summed E-state index contributed by atoms with van der Waals surface area (Å²) in [7, 11) is 0. The molecule has 0 fully saturated rings. The van der Waals surface area contributed by atoms with Crippen molar-refractivity contribution >= 4 is 0 Å². The van der Waals surface area contributed by atoms with E-state index in [4.69, 9.17) is 5.73 Å². The first-order valence-electron chi connectivity index (χ1n) is 4.19. The van der Waals surface area contributed by atoms with Gasteiger partial charge in [-0.1, -0.05) is 37.3 Å². The van der Waals surface area contributed by atoms with Gasteiger partial charge in [-0.15, -0.1) is 0 Å². The Morgan fingerprint density at radius 1 is 1.33 bits per heavy atom. The number of benzene rings is 1. The third kappa shape index (κ3) is 2.64. The van der Waals surface area contributed by atoms with Crippen LogP contribution in [0, 0.1) is 0 Å². The minimum absolute atomic E-state index is 0.518. The Bertz CT molecular complexity index is 231. The molecule has 0 spiro atoms. The van der Waals surface area contributed by atoms with Crippen LogP contribution in [-0.2, 0) is 6.42 Å². The second kappa shape index (κ2) is 3.70. The summed E-state index contributed by atoms with van der Waals surface area (Å²) in [4.78, 5) is 0. The normalized spacial score (nSPS) is 15.6. The third-order valence-electron chi connectivity index (χ3n) is 1.97. The van der Waals surface area contributed by atoms with Crippen LogP contribution in [-0.4, -0.2) is 10.8 Å². The highest BCUT2D eigenvalue weighted by molar-refractivity contribution is 5.16. The van der Waals surface area contributed by atoms with Crippen LogP contribution in [0.25, 0.3) is 0 Å². The Labute approximate surface area is 73.0 Å². The smallest absolute Gasteiger partial charge is 0.117 e. The molecule has 0 aliphatic rings. The summed E-state index contributed by atoms with van der Waals surface area (Å²) in [6.07, 6.45) is 1.09. The maximum atomic E-state index is 9.55. The summed E-state index contributed by atoms with van der Waals surface area (Å²) in [5, 5.41) is 9.55. The number of nitrogens with two attached hydrogens (primary N) is 1. The van der Waals surface area contributed by atoms with E-state index in [1.807, 2.05) is 37.3 Å². The van der Waals surface area contributed by atoms with Gasteiger partial charge in [0.25, 0.3) is 0 Å². The molecule has 0 bridgehead atoms. The van der Waals surface area contributed by atoms with Gasteiger partial charge in [0.05, 0.1) is 0 Å². The fraction of sp³-hybridized carbons (Fsp3) is 0.400. The number of rotatable bonds is 3. The monoisotopic (exact) mass is 165 g/mol. The molecule has 0 heterocycles. The van der Waals surface area contributed by atoms with Crippen LogP contribution in [0.5, 0.6) is 0 Å². The van der Waals surface area contributed by atoms with E-state index < -0.39 is 5.72 Å². The number of hydrogen-bond acceptors (Lipinski definition) is 2. The molecule has 0 saturated heterocycles. The minimum atomic E-state index is -1.05. The summed E-state index contributed by atoms with van der Waals surface area (Å²) < 4.78 is 0. The van der Waals surface area contributed by atoms with Crippen molar-refractivity contribution in [1.82, 2.24) is 0 Å². The van der Waals surface area contributed by atoms with Crippen LogP contribution in [0.1, 0.15) is 18.9 Å². The van der Waals surface area contributed by atoms with Crippen molar-refractivity contribution in [3.8, 4) is 0 Å². The highest BCUT2D eigenvalue weighted by Crippen LogP contribution is 2.10. The highest BCUT2D eigenvalue weighted by atomic mass is 16.3. The van der Waals surface area contributed by atoms with E-state index in [2.05, 4.69) is 0 Å². The molecular formula is C10H15NO. The number of aliphatic hydroxyl groups is 1. The van der Waals surface area contributed by atoms with Gasteiger partial charge < -0.3 is 10.8 Å². The van der Waals surface area contributed by atoms with E-state index in [0.717, 1.165) is 5.56 Å². The molecular weight excluding hydrogens is 150 g/mol. The standard InChI is InChI=1S/C10H15NO/c1-2-10(11,12)8-9-6-4-3-5-7-9/h3-7,12H,2,8,11H2,1H3. The summed E-state index contributed by atoms with van der Waals surface area (Å²) in [6.45, 7) is 1.88. The van der Waals surface area contributed by atoms with Crippen LogP contribution in [0.3, 0.4) is 0 Å². The molecule has 1 aromatic rings. The van der Waals surface area contributed by atoms with Crippen LogP contribution >= 0.6 is 0 Å². The lowest BCUT2D eigenvalue weighted by Crippen LogP contribution is -2.40. The zero-order chi connectivity index (χ0) is 9.03. The Hall–Kier alpha value is -0.860. The van der Waals surface area contributed by atoms with Crippen LogP contribution in [0.4, 0.5) is 0 Å². The van der Waals surface area contributed by atoms with E-state index in [1.54, 1.807) is 0 Å². The Balaban J connectivity index is 2.64. The Kier molecular flexibility index (Phi) is 2.84. The van der Waals surface area contributed by atoms with Crippen molar-refractivity contribution in [1.29, 1.82) is 0 Å². The molecule has 3 N–H and O–H groups in total. The average molecular weight is 165 g/mol. The van der Waals surface area contributed by atoms with Crippen molar-refractivity contribution in [2.45, 2.75) is 25.5 Å². The van der Waals surface area contributed by atoms with Gasteiger partial charge in [0.2, 0.25) is 0 Å². The van der Waals surface area contributed by atoms with Gasteiger partial charge in [-0.2, -0.15) is 0 Å². The summed E-state index contributed by atoms with van der Waals surface area (Å²) >= 11 is 0. The van der Waals surface area contributed by atoms with E-state index in [1.165, 1.54) is 0 Å². The molecule has 0 amide bonds. The largest absolute Gasteiger partial charge is 0.376 e. The molecule has 0 aromatic heterocycles. The van der Waals surface area contributed by atoms with Gasteiger partial charge in [-0.25, -0.2) is 0 Å². The highest BCUT2D eigenvalue weighted by Gasteiger charge is 2.17. The molecule has 0 aliphatic heterocycles. The van der Waals surface area contributed by atoms with Crippen molar-refractivity contribution < 1.29 is 5.11 Å². The fourth-order valence-corrected chi connectivity index (χ4v) is 1.07. The maximum Gasteiger partial charge on any atom is 0.117 e. The molecule has 0 radical (unpaired) electrons. The molecule has 2 nitrogen and oxygen atoms in total. The Morgan fingerprint density at radius 3 is 2.42 bits per heavy atom. The lowest BCUT2D eigenvalue weighted by Gasteiger charge is -2.20. The van der Waals surface area contributed by atoms with Gasteiger partial charge in [0.15, 0.2) is 0 Å². The summed E-state index contributed by atoms with van der Waals surface area (Å²) in [5.41, 5.74) is 5.62. The van der Waals surface area contributed by atoms with Crippen molar-refractivity contribution in [2.24, 2.45) is 5.73 Å². The number of hydrogen-bond donors (Lipinski definition) is 2. The average Bonchev–Trinajstić information content (AvgIpc) is 2.06. The predicted octanol–water partition coefficient (Wildman–Crippen LogP) is 1.29. The fourth-order valence-electron chi connectivity index (χ4n) is 1.07. The van der Waals surface area contributed by atoms with Crippen molar-refractivity contribution in [3.63, 3.8) is 0 Å². The molecule has 1 aromatic carbocycles. The first kappa shape index (κ1) is 9.23. The van der Waals surface area contributed by atoms with Gasteiger partial charge in [0.1, 0.15) is 5.72 Å². The molecule has 0 aliphatic carbocycles. The molecule has 2 heteroatoms. The van der Waals surface area contributed by atoms with Gasteiger partial charge >= 0.3 is 0 Å². The lowest BCUT2D eigenvalue weighted by atomic mass is 10.0. The zero-order valence-corrected chi connectivity index (χ0v) is 7.33. The minimum Gasteiger partial charge on any atom is -0.376 e. The predicted molar refractivity (Wildman–Crippen MR) is 49.6 cm³/mol. The topological polar surface area (TPSA) is 46.2 Å². The lowest BCUT2D eigenvalue weighted by molar-refractivity contribution is 0.0434. The van der Waals surface area contributed by atoms with E-state index in [9.17, 15) is 5.11 Å². The van der Waals surface area contributed by atoms with Gasteiger partial charge in [0, 0.05) is 6.42 Å². The molecule has 1 rings (SSSR count). The third-order valence-corrected chi connectivity index (χ3v) is 1.97. The maximum absolute atomic E-state index is 9.55. The second-order valence-electron chi connectivity index (χ2n) is 3.12. The van der Waals surface area contributed by atoms with E-state index in [0.29, 0.717) is 12.8 Å². The van der Waals surface area contributed by atoms with Crippen LogP contribution in [0.15, 0.2) is 30.3 Å². The molecule has 66 valence electrons. The van der Waals surface area contributed by atoms with Crippen molar-refractivity contribution in [2.75, 3.05) is 0 Å². The van der Waals surface area contributed by atoms with Crippen LogP contribution < -0.4 is 5.73 Å². The zero-order valence-electron chi connectivity index (χ0n) is 7.33. The van der Waals surface area contributed by atoms with E-state index >= 15 is 0 Å². The van der Waals surface area contributed by atoms with Crippen molar-refractivity contribution in [3.05, 3.63) is 35.9 Å². The summed E-state index contributed by atoms with van der Waals surface area (Å²) in [6, 6.07) is 9.77. The second-order valence-corrected chi connectivity index (χ2v) is 3.12. The molecule has 0 saturated carbocycles. The molecule has 1 atom stereocenters. The van der Waals surface area contributed by atoms with Gasteiger partial charge in [-0.3, -0.25) is 0 Å². The van der Waals surface area contributed by atoms with Crippen LogP contribution in [0.2, 0.25) is 0 Å². The molecule has 1 unspecified atom stereocenters. The van der Waals surface area contributed by atoms with E-state index in [-0.39, 0.29) is 0 Å².